The summed E-state index contributed by atoms with van der Waals surface area (Å²) in [6.07, 6.45) is 0. The molecule has 1 aromatic heterocycles. The van der Waals surface area contributed by atoms with Crippen LogP contribution in [-0.4, -0.2) is 14.9 Å². The van der Waals surface area contributed by atoms with Gasteiger partial charge in [0.05, 0.1) is 4.92 Å². The molecular weight excluding hydrogens is 300 g/mol. The highest BCUT2D eigenvalue weighted by atomic mass is 79.9. The van der Waals surface area contributed by atoms with Crippen LogP contribution in [0.15, 0.2) is 28.7 Å². The van der Waals surface area contributed by atoms with Gasteiger partial charge < -0.3 is 5.73 Å². The quantitative estimate of drug-likeness (QED) is 0.680. The number of hydrogen-bond acceptors (Lipinski definition) is 5. The average Bonchev–Trinajstić information content (AvgIpc) is 2.27. The molecule has 6 nitrogen and oxygen atoms in total. The summed E-state index contributed by atoms with van der Waals surface area (Å²) in [5.74, 6) is 0.0214. The molecule has 0 unspecified atom stereocenters. The maximum Gasteiger partial charge on any atom is 0.316 e. The van der Waals surface area contributed by atoms with E-state index in [4.69, 9.17) is 5.73 Å². The molecule has 0 radical (unpaired) electrons. The molecule has 1 heterocycles. The largest absolute Gasteiger partial charge is 0.368 e. The van der Waals surface area contributed by atoms with Crippen molar-refractivity contribution in [2.45, 2.75) is 6.92 Å². The lowest BCUT2D eigenvalue weighted by Crippen LogP contribution is -2.04. The van der Waals surface area contributed by atoms with E-state index in [0.29, 0.717) is 5.56 Å². The first-order chi connectivity index (χ1) is 8.49. The summed E-state index contributed by atoms with van der Waals surface area (Å²) in [6.45, 7) is 1.54. The monoisotopic (exact) mass is 308 g/mol. The number of hydrogen-bond donors (Lipinski definition) is 1. The number of rotatable bonds is 2. The number of anilines is 1. The molecule has 0 fully saturated rings. The van der Waals surface area contributed by atoms with Gasteiger partial charge in [0.2, 0.25) is 5.95 Å². The Hall–Kier alpha value is -2.02. The van der Waals surface area contributed by atoms with Gasteiger partial charge in [0.15, 0.2) is 5.69 Å². The van der Waals surface area contributed by atoms with Crippen LogP contribution >= 0.6 is 15.9 Å². The lowest BCUT2D eigenvalue weighted by molar-refractivity contribution is -0.385. The lowest BCUT2D eigenvalue weighted by atomic mass is 10.1. The van der Waals surface area contributed by atoms with Gasteiger partial charge >= 0.3 is 5.69 Å². The zero-order chi connectivity index (χ0) is 13.3. The lowest BCUT2D eigenvalue weighted by Gasteiger charge is -2.05. The number of benzene rings is 1. The van der Waals surface area contributed by atoms with Crippen LogP contribution in [0.2, 0.25) is 0 Å². The van der Waals surface area contributed by atoms with E-state index in [1.54, 1.807) is 18.2 Å². The first kappa shape index (κ1) is 12.4. The van der Waals surface area contributed by atoms with Crippen molar-refractivity contribution in [3.8, 4) is 11.3 Å². The summed E-state index contributed by atoms with van der Waals surface area (Å²) < 4.78 is 0.809. The number of nitrogens with zero attached hydrogens (tertiary/aromatic N) is 3. The highest BCUT2D eigenvalue weighted by Gasteiger charge is 2.22. The predicted molar refractivity (Wildman–Crippen MR) is 71.0 cm³/mol. The number of aromatic nitrogens is 2. The van der Waals surface area contributed by atoms with Gasteiger partial charge in [-0.3, -0.25) is 10.1 Å². The van der Waals surface area contributed by atoms with Crippen LogP contribution in [0.4, 0.5) is 11.6 Å². The van der Waals surface area contributed by atoms with Gasteiger partial charge in [-0.15, -0.1) is 0 Å². The molecule has 0 aliphatic rings. The normalized spacial score (nSPS) is 10.3. The smallest absolute Gasteiger partial charge is 0.316 e. The van der Waals surface area contributed by atoms with E-state index in [0.717, 1.165) is 4.47 Å². The van der Waals surface area contributed by atoms with Crippen molar-refractivity contribution in [3.05, 3.63) is 44.5 Å². The molecule has 0 atom stereocenters. The minimum atomic E-state index is -0.495. The molecule has 18 heavy (non-hydrogen) atoms. The van der Waals surface area contributed by atoms with E-state index in [9.17, 15) is 10.1 Å². The number of nitrogen functional groups attached to an aromatic ring is 1. The molecule has 0 spiro atoms. The van der Waals surface area contributed by atoms with E-state index in [1.165, 1.54) is 6.92 Å². The summed E-state index contributed by atoms with van der Waals surface area (Å²) in [4.78, 5) is 18.4. The fraction of sp³-hybridized carbons (Fsp3) is 0.0909. The van der Waals surface area contributed by atoms with Crippen molar-refractivity contribution in [1.82, 2.24) is 9.97 Å². The molecule has 0 saturated heterocycles. The summed E-state index contributed by atoms with van der Waals surface area (Å²) in [5, 5.41) is 11.1. The van der Waals surface area contributed by atoms with Gasteiger partial charge in [-0.05, 0) is 19.1 Å². The minimum Gasteiger partial charge on any atom is -0.368 e. The maximum atomic E-state index is 11.1. The van der Waals surface area contributed by atoms with Gasteiger partial charge in [0, 0.05) is 10.0 Å². The SMILES string of the molecule is Cc1nc(N)nc(-c2cccc(Br)c2)c1[N+](=O)[O-]. The fourth-order valence-corrected chi connectivity index (χ4v) is 2.04. The third-order valence-corrected chi connectivity index (χ3v) is 2.85. The van der Waals surface area contributed by atoms with Gasteiger partial charge in [0.25, 0.3) is 0 Å². The van der Waals surface area contributed by atoms with Crippen molar-refractivity contribution in [3.63, 3.8) is 0 Å². The van der Waals surface area contributed by atoms with E-state index < -0.39 is 4.92 Å². The van der Waals surface area contributed by atoms with Gasteiger partial charge in [0.1, 0.15) is 5.69 Å². The van der Waals surface area contributed by atoms with Crippen molar-refractivity contribution >= 4 is 27.6 Å². The summed E-state index contributed by atoms with van der Waals surface area (Å²) in [7, 11) is 0. The maximum absolute atomic E-state index is 11.1. The third kappa shape index (κ3) is 2.30. The van der Waals surface area contributed by atoms with Crippen LogP contribution in [0, 0.1) is 17.0 Å². The van der Waals surface area contributed by atoms with Crippen LogP contribution in [-0.2, 0) is 0 Å². The van der Waals surface area contributed by atoms with Crippen molar-refractivity contribution in [2.24, 2.45) is 0 Å². The van der Waals surface area contributed by atoms with Crippen LogP contribution < -0.4 is 5.73 Å². The summed E-state index contributed by atoms with van der Waals surface area (Å²) >= 11 is 3.31. The van der Waals surface area contributed by atoms with Crippen molar-refractivity contribution in [2.75, 3.05) is 5.73 Å². The second-order valence-electron chi connectivity index (χ2n) is 3.63. The fourth-order valence-electron chi connectivity index (χ4n) is 1.64. The molecule has 92 valence electrons. The van der Waals surface area contributed by atoms with E-state index >= 15 is 0 Å². The highest BCUT2D eigenvalue weighted by Crippen LogP contribution is 2.31. The first-order valence-corrected chi connectivity index (χ1v) is 5.83. The first-order valence-electron chi connectivity index (χ1n) is 5.03. The van der Waals surface area contributed by atoms with E-state index in [-0.39, 0.29) is 23.0 Å². The van der Waals surface area contributed by atoms with Crippen molar-refractivity contribution < 1.29 is 4.92 Å². The number of halogens is 1. The van der Waals surface area contributed by atoms with Crippen LogP contribution in [0.25, 0.3) is 11.3 Å². The second-order valence-corrected chi connectivity index (χ2v) is 4.55. The van der Waals surface area contributed by atoms with Gasteiger partial charge in [-0.2, -0.15) is 0 Å². The molecule has 0 aliphatic heterocycles. The molecule has 0 aliphatic carbocycles. The number of nitro groups is 1. The molecular formula is C11H9BrN4O2. The van der Waals surface area contributed by atoms with E-state index in [1.807, 2.05) is 6.07 Å². The number of aryl methyl sites for hydroxylation is 1. The Morgan fingerprint density at radius 1 is 1.39 bits per heavy atom. The Morgan fingerprint density at radius 2 is 2.11 bits per heavy atom. The molecule has 1 aromatic carbocycles. The molecule has 0 bridgehead atoms. The summed E-state index contributed by atoms with van der Waals surface area (Å²) in [5.41, 5.74) is 6.52. The Labute approximate surface area is 111 Å². The van der Waals surface area contributed by atoms with Gasteiger partial charge in [-0.25, -0.2) is 9.97 Å². The van der Waals surface area contributed by atoms with Crippen molar-refractivity contribution in [1.29, 1.82) is 0 Å². The summed E-state index contributed by atoms with van der Waals surface area (Å²) in [6, 6.07) is 7.08. The molecule has 0 saturated carbocycles. The zero-order valence-corrected chi connectivity index (χ0v) is 11.0. The Morgan fingerprint density at radius 3 is 2.72 bits per heavy atom. The molecule has 7 heteroatoms. The predicted octanol–water partition coefficient (Wildman–Crippen LogP) is 2.70. The van der Waals surface area contributed by atoms with Crippen LogP contribution in [0.5, 0.6) is 0 Å². The molecule has 2 N–H and O–H groups in total. The second kappa shape index (κ2) is 4.69. The van der Waals surface area contributed by atoms with Crippen LogP contribution in [0.1, 0.15) is 5.69 Å². The van der Waals surface area contributed by atoms with E-state index in [2.05, 4.69) is 25.9 Å². The standard InChI is InChI=1S/C11H9BrN4O2/c1-6-10(16(17)18)9(15-11(13)14-6)7-3-2-4-8(12)5-7/h2-5H,1H3,(H2,13,14,15). The average molecular weight is 309 g/mol. The Bertz CT molecular complexity index is 630. The van der Waals surface area contributed by atoms with Crippen LogP contribution in [0.3, 0.4) is 0 Å². The van der Waals surface area contributed by atoms with Gasteiger partial charge in [-0.1, -0.05) is 28.1 Å². The third-order valence-electron chi connectivity index (χ3n) is 2.36. The topological polar surface area (TPSA) is 94.9 Å². The Balaban J connectivity index is 2.73. The molecule has 0 amide bonds. The number of nitrogens with two attached hydrogens (primary N) is 1. The highest BCUT2D eigenvalue weighted by molar-refractivity contribution is 9.10. The minimum absolute atomic E-state index is 0.0214. The molecule has 2 rings (SSSR count). The Kier molecular flexibility index (Phi) is 3.24. The zero-order valence-electron chi connectivity index (χ0n) is 9.42. The molecule has 2 aromatic rings.